The van der Waals surface area contributed by atoms with Crippen LogP contribution < -0.4 is 5.90 Å². The van der Waals surface area contributed by atoms with Gasteiger partial charge in [-0.3, -0.25) is 4.84 Å². The first-order chi connectivity index (χ1) is 3.18. The van der Waals surface area contributed by atoms with Crippen molar-refractivity contribution in [3.63, 3.8) is 0 Å². The van der Waals surface area contributed by atoms with Crippen molar-refractivity contribution < 1.29 is 14.7 Å². The standard InChI is InChI=1S/C3H7NO3/c1-2(7-4)3(5)6/h2H,4H2,1H3,(H,5,6)/t2-/m1/s1. The average Bonchev–Trinajstić information content (AvgIpc) is 1.65. The van der Waals surface area contributed by atoms with E-state index in [-0.39, 0.29) is 0 Å². The normalized spacial score (nSPS) is 13.4. The van der Waals surface area contributed by atoms with Crippen molar-refractivity contribution in [2.24, 2.45) is 5.90 Å². The molecule has 0 radical (unpaired) electrons. The van der Waals surface area contributed by atoms with Crippen molar-refractivity contribution in [3.05, 3.63) is 0 Å². The molecule has 42 valence electrons. The van der Waals surface area contributed by atoms with Gasteiger partial charge in [0.05, 0.1) is 0 Å². The van der Waals surface area contributed by atoms with Crippen molar-refractivity contribution >= 4 is 5.97 Å². The molecule has 0 aliphatic rings. The minimum absolute atomic E-state index is 0.903. The monoisotopic (exact) mass is 105 g/mol. The largest absolute Gasteiger partial charge is 0.479 e. The Labute approximate surface area is 40.8 Å². The van der Waals surface area contributed by atoms with Gasteiger partial charge in [-0.05, 0) is 6.92 Å². The third kappa shape index (κ3) is 2.13. The van der Waals surface area contributed by atoms with Crippen LogP contribution >= 0.6 is 0 Å². The van der Waals surface area contributed by atoms with Gasteiger partial charge in [-0.15, -0.1) is 0 Å². The Balaban J connectivity index is 3.34. The van der Waals surface area contributed by atoms with Gasteiger partial charge in [0, 0.05) is 0 Å². The minimum atomic E-state index is -1.05. The highest BCUT2D eigenvalue weighted by Crippen LogP contribution is 1.80. The van der Waals surface area contributed by atoms with E-state index in [1.807, 2.05) is 0 Å². The Morgan fingerprint density at radius 3 is 2.43 bits per heavy atom. The van der Waals surface area contributed by atoms with Crippen molar-refractivity contribution in [1.82, 2.24) is 0 Å². The van der Waals surface area contributed by atoms with Crippen LogP contribution in [0.15, 0.2) is 0 Å². The number of carboxylic acid groups (broad SMARTS) is 1. The third-order valence-corrected chi connectivity index (χ3v) is 0.552. The number of carbonyl (C=O) groups is 1. The molecular weight excluding hydrogens is 98.0 g/mol. The first kappa shape index (κ1) is 6.39. The van der Waals surface area contributed by atoms with Crippen LogP contribution in [0.5, 0.6) is 0 Å². The summed E-state index contributed by atoms with van der Waals surface area (Å²) in [7, 11) is 0. The van der Waals surface area contributed by atoms with E-state index in [2.05, 4.69) is 10.7 Å². The zero-order chi connectivity index (χ0) is 5.86. The Hall–Kier alpha value is -0.610. The lowest BCUT2D eigenvalue weighted by molar-refractivity contribution is -0.149. The smallest absolute Gasteiger partial charge is 0.334 e. The molecule has 0 aromatic heterocycles. The van der Waals surface area contributed by atoms with Gasteiger partial charge in [0.25, 0.3) is 0 Å². The van der Waals surface area contributed by atoms with E-state index in [4.69, 9.17) is 5.11 Å². The molecule has 0 saturated carbocycles. The van der Waals surface area contributed by atoms with Crippen molar-refractivity contribution in [2.75, 3.05) is 0 Å². The van der Waals surface area contributed by atoms with Crippen LogP contribution in [0.25, 0.3) is 0 Å². The SMILES string of the molecule is C[C@@H](ON)C(=O)O. The molecule has 3 N–H and O–H groups in total. The van der Waals surface area contributed by atoms with Gasteiger partial charge < -0.3 is 5.11 Å². The van der Waals surface area contributed by atoms with Crippen molar-refractivity contribution in [1.29, 1.82) is 0 Å². The summed E-state index contributed by atoms with van der Waals surface area (Å²) in [6, 6.07) is 0. The summed E-state index contributed by atoms with van der Waals surface area (Å²) in [5.74, 6) is 3.44. The molecule has 0 fully saturated rings. The number of aliphatic carboxylic acids is 1. The topological polar surface area (TPSA) is 72.5 Å². The molecule has 1 atom stereocenters. The summed E-state index contributed by atoms with van der Waals surface area (Å²) in [5.41, 5.74) is 0. The maximum atomic E-state index is 9.73. The summed E-state index contributed by atoms with van der Waals surface area (Å²) in [6.45, 7) is 1.35. The van der Waals surface area contributed by atoms with Gasteiger partial charge in [-0.2, -0.15) is 0 Å². The lowest BCUT2D eigenvalue weighted by Crippen LogP contribution is -2.22. The number of rotatable bonds is 2. The van der Waals surface area contributed by atoms with E-state index < -0.39 is 12.1 Å². The minimum Gasteiger partial charge on any atom is -0.479 e. The molecule has 0 aliphatic heterocycles. The third-order valence-electron chi connectivity index (χ3n) is 0.552. The molecule has 0 spiro atoms. The first-order valence-electron chi connectivity index (χ1n) is 1.77. The Morgan fingerprint density at radius 2 is 2.43 bits per heavy atom. The molecule has 4 nitrogen and oxygen atoms in total. The molecule has 4 heteroatoms. The zero-order valence-electron chi connectivity index (χ0n) is 3.92. The fraction of sp³-hybridized carbons (Fsp3) is 0.667. The number of hydrogen-bond acceptors (Lipinski definition) is 3. The molecular formula is C3H7NO3. The maximum Gasteiger partial charge on any atom is 0.334 e. The molecule has 0 rings (SSSR count). The van der Waals surface area contributed by atoms with Crippen LogP contribution in [0.2, 0.25) is 0 Å². The van der Waals surface area contributed by atoms with E-state index in [1.54, 1.807) is 0 Å². The summed E-state index contributed by atoms with van der Waals surface area (Å²) in [5, 5.41) is 7.98. The summed E-state index contributed by atoms with van der Waals surface area (Å²) in [6.07, 6.45) is -0.903. The fourth-order valence-electron chi connectivity index (χ4n) is 0.0582. The molecule has 0 aromatic carbocycles. The lowest BCUT2D eigenvalue weighted by atomic mass is 10.4. The summed E-state index contributed by atoms with van der Waals surface area (Å²) >= 11 is 0. The number of carboxylic acids is 1. The Kier molecular flexibility index (Phi) is 2.32. The van der Waals surface area contributed by atoms with Gasteiger partial charge in [-0.25, -0.2) is 10.7 Å². The average molecular weight is 105 g/mol. The van der Waals surface area contributed by atoms with E-state index in [0.717, 1.165) is 0 Å². The van der Waals surface area contributed by atoms with E-state index in [1.165, 1.54) is 6.92 Å². The summed E-state index contributed by atoms with van der Waals surface area (Å²) < 4.78 is 0. The van der Waals surface area contributed by atoms with Gasteiger partial charge in [-0.1, -0.05) is 0 Å². The van der Waals surface area contributed by atoms with Gasteiger partial charge in [0.1, 0.15) is 0 Å². The number of hydrogen-bond donors (Lipinski definition) is 2. The van der Waals surface area contributed by atoms with Crippen LogP contribution in [0.1, 0.15) is 6.92 Å². The molecule has 0 saturated heterocycles. The van der Waals surface area contributed by atoms with Crippen LogP contribution in [-0.4, -0.2) is 17.2 Å². The number of nitrogens with two attached hydrogens (primary N) is 1. The quantitative estimate of drug-likeness (QED) is 0.458. The summed E-state index contributed by atoms with van der Waals surface area (Å²) in [4.78, 5) is 13.6. The van der Waals surface area contributed by atoms with Gasteiger partial charge in [0.15, 0.2) is 6.10 Å². The zero-order valence-corrected chi connectivity index (χ0v) is 3.92. The second-order valence-corrected chi connectivity index (χ2v) is 1.12. The van der Waals surface area contributed by atoms with E-state index >= 15 is 0 Å². The predicted octanol–water partition coefficient (Wildman–Crippen LogP) is -0.650. The lowest BCUT2D eigenvalue weighted by Gasteiger charge is -1.97. The van der Waals surface area contributed by atoms with Gasteiger partial charge in [0.2, 0.25) is 0 Å². The second-order valence-electron chi connectivity index (χ2n) is 1.12. The maximum absolute atomic E-state index is 9.73. The molecule has 0 amide bonds. The van der Waals surface area contributed by atoms with E-state index in [9.17, 15) is 4.79 Å². The van der Waals surface area contributed by atoms with Crippen molar-refractivity contribution in [2.45, 2.75) is 13.0 Å². The van der Waals surface area contributed by atoms with Crippen molar-refractivity contribution in [3.8, 4) is 0 Å². The molecule has 7 heavy (non-hydrogen) atoms. The van der Waals surface area contributed by atoms with E-state index in [0.29, 0.717) is 0 Å². The van der Waals surface area contributed by atoms with Gasteiger partial charge >= 0.3 is 5.97 Å². The highest BCUT2D eigenvalue weighted by molar-refractivity contribution is 5.71. The van der Waals surface area contributed by atoms with Crippen LogP contribution in [0.3, 0.4) is 0 Å². The van der Waals surface area contributed by atoms with Crippen LogP contribution in [0.4, 0.5) is 0 Å². The fourth-order valence-corrected chi connectivity index (χ4v) is 0.0582. The highest BCUT2D eigenvalue weighted by atomic mass is 16.6. The molecule has 0 aromatic rings. The van der Waals surface area contributed by atoms with Crippen LogP contribution in [-0.2, 0) is 9.63 Å². The first-order valence-corrected chi connectivity index (χ1v) is 1.77. The Morgan fingerprint density at radius 1 is 2.00 bits per heavy atom. The molecule has 0 bridgehead atoms. The molecule has 0 unspecified atom stereocenters. The highest BCUT2D eigenvalue weighted by Gasteiger charge is 2.07. The second kappa shape index (κ2) is 2.54. The predicted molar refractivity (Wildman–Crippen MR) is 22.4 cm³/mol. The Bertz CT molecular complexity index is 72.6. The molecule has 0 aliphatic carbocycles. The molecule has 0 heterocycles. The van der Waals surface area contributed by atoms with Crippen LogP contribution in [0, 0.1) is 0 Å².